The average molecular weight is 373 g/mol. The highest BCUT2D eigenvalue weighted by Crippen LogP contribution is 2.68. The van der Waals surface area contributed by atoms with Crippen LogP contribution in [0.5, 0.6) is 0 Å². The van der Waals surface area contributed by atoms with Crippen LogP contribution in [0.25, 0.3) is 0 Å². The first-order valence-corrected chi connectivity index (χ1v) is 11.5. The summed E-state index contributed by atoms with van der Waals surface area (Å²) in [5.74, 6) is 2.36. The van der Waals surface area contributed by atoms with Crippen LogP contribution in [0.3, 0.4) is 0 Å². The second-order valence-corrected chi connectivity index (χ2v) is 10.4. The van der Waals surface area contributed by atoms with Gasteiger partial charge in [0.05, 0.1) is 13.2 Å². The van der Waals surface area contributed by atoms with Gasteiger partial charge in [0.2, 0.25) is 0 Å². The van der Waals surface area contributed by atoms with E-state index in [1.165, 1.54) is 38.5 Å². The first-order chi connectivity index (χ1) is 13.0. The van der Waals surface area contributed by atoms with Gasteiger partial charge in [0, 0.05) is 24.7 Å². The molecule has 5 atom stereocenters. The molecule has 1 aliphatic heterocycles. The average Bonchev–Trinajstić information content (AvgIpc) is 3.26. The SMILES string of the molecule is C[C@]12CCC(=O)CCCCC1=CCC1[C@@H]2CC[C@@]2(C)[C@H]1CCC21OCCO1. The van der Waals surface area contributed by atoms with Crippen LogP contribution in [0.4, 0.5) is 0 Å². The Bertz CT molecular complexity index is 646. The number of carbonyl (C=O) groups excluding carboxylic acids is 1. The molecule has 1 saturated heterocycles. The van der Waals surface area contributed by atoms with Gasteiger partial charge in [-0.1, -0.05) is 25.5 Å². The summed E-state index contributed by atoms with van der Waals surface area (Å²) in [6.45, 7) is 6.49. The van der Waals surface area contributed by atoms with E-state index in [-0.39, 0.29) is 16.6 Å². The Morgan fingerprint density at radius 2 is 1.67 bits per heavy atom. The molecule has 3 heteroatoms. The molecule has 5 rings (SSSR count). The zero-order chi connectivity index (χ0) is 18.7. The van der Waals surface area contributed by atoms with Gasteiger partial charge in [0.1, 0.15) is 5.78 Å². The van der Waals surface area contributed by atoms with E-state index >= 15 is 0 Å². The van der Waals surface area contributed by atoms with E-state index in [0.717, 1.165) is 57.2 Å². The Labute approximate surface area is 164 Å². The Kier molecular flexibility index (Phi) is 4.37. The molecule has 0 N–H and O–H groups in total. The summed E-state index contributed by atoms with van der Waals surface area (Å²) in [4.78, 5) is 12.3. The second-order valence-electron chi connectivity index (χ2n) is 10.4. The molecule has 0 aromatic heterocycles. The van der Waals surface area contributed by atoms with Crippen LogP contribution < -0.4 is 0 Å². The number of Topliss-reactive ketones (excluding diaryl/α,β-unsaturated/α-hetero) is 1. The number of allylic oxidation sites excluding steroid dienone is 2. The predicted octanol–water partition coefficient (Wildman–Crippen LogP) is 5.43. The van der Waals surface area contributed by atoms with Crippen LogP contribution in [0, 0.1) is 28.6 Å². The topological polar surface area (TPSA) is 35.5 Å². The van der Waals surface area contributed by atoms with Gasteiger partial charge in [0.15, 0.2) is 5.79 Å². The smallest absolute Gasteiger partial charge is 0.174 e. The lowest BCUT2D eigenvalue weighted by atomic mass is 9.48. The third-order valence-corrected chi connectivity index (χ3v) is 9.50. The van der Waals surface area contributed by atoms with E-state index in [4.69, 9.17) is 9.47 Å². The fourth-order valence-corrected chi connectivity index (χ4v) is 7.94. The molecule has 4 fully saturated rings. The van der Waals surface area contributed by atoms with Crippen molar-refractivity contribution in [2.45, 2.75) is 90.3 Å². The molecule has 5 aliphatic rings. The summed E-state index contributed by atoms with van der Waals surface area (Å²) < 4.78 is 12.5. The summed E-state index contributed by atoms with van der Waals surface area (Å²) >= 11 is 0. The van der Waals surface area contributed by atoms with Crippen molar-refractivity contribution in [1.82, 2.24) is 0 Å². The van der Waals surface area contributed by atoms with Crippen LogP contribution >= 0.6 is 0 Å². The Balaban J connectivity index is 1.47. The van der Waals surface area contributed by atoms with Gasteiger partial charge in [-0.05, 0) is 74.5 Å². The van der Waals surface area contributed by atoms with Crippen molar-refractivity contribution in [1.29, 1.82) is 0 Å². The first-order valence-electron chi connectivity index (χ1n) is 11.5. The summed E-state index contributed by atoms with van der Waals surface area (Å²) in [5, 5.41) is 0. The van der Waals surface area contributed by atoms with Crippen LogP contribution in [-0.2, 0) is 14.3 Å². The Morgan fingerprint density at radius 3 is 2.48 bits per heavy atom. The zero-order valence-corrected chi connectivity index (χ0v) is 17.2. The van der Waals surface area contributed by atoms with Gasteiger partial charge < -0.3 is 9.47 Å². The lowest BCUT2D eigenvalue weighted by Gasteiger charge is -2.57. The molecule has 0 bridgehead atoms. The molecular weight excluding hydrogens is 336 g/mol. The second kappa shape index (κ2) is 6.42. The number of ether oxygens (including phenoxy) is 2. The molecule has 0 aromatic rings. The Hall–Kier alpha value is -0.670. The van der Waals surface area contributed by atoms with Gasteiger partial charge in [-0.15, -0.1) is 0 Å². The largest absolute Gasteiger partial charge is 0.347 e. The minimum absolute atomic E-state index is 0.167. The third kappa shape index (κ3) is 2.56. The summed E-state index contributed by atoms with van der Waals surface area (Å²) in [6.07, 6.45) is 14.8. The van der Waals surface area contributed by atoms with Crippen molar-refractivity contribution >= 4 is 5.78 Å². The molecule has 27 heavy (non-hydrogen) atoms. The zero-order valence-electron chi connectivity index (χ0n) is 17.2. The summed E-state index contributed by atoms with van der Waals surface area (Å²) in [5.41, 5.74) is 2.08. The molecule has 4 aliphatic carbocycles. The van der Waals surface area contributed by atoms with Gasteiger partial charge in [-0.2, -0.15) is 0 Å². The minimum atomic E-state index is -0.304. The number of hydrogen-bond donors (Lipinski definition) is 0. The van der Waals surface area contributed by atoms with Crippen molar-refractivity contribution in [2.75, 3.05) is 13.2 Å². The molecule has 3 nitrogen and oxygen atoms in total. The minimum Gasteiger partial charge on any atom is -0.347 e. The van der Waals surface area contributed by atoms with Crippen molar-refractivity contribution in [3.8, 4) is 0 Å². The molecule has 1 spiro atoms. The predicted molar refractivity (Wildman–Crippen MR) is 105 cm³/mol. The van der Waals surface area contributed by atoms with Crippen molar-refractivity contribution < 1.29 is 14.3 Å². The quantitative estimate of drug-likeness (QED) is 0.532. The maximum atomic E-state index is 12.3. The van der Waals surface area contributed by atoms with E-state index in [9.17, 15) is 4.79 Å². The fourth-order valence-electron chi connectivity index (χ4n) is 7.94. The maximum absolute atomic E-state index is 12.3. The number of ketones is 1. The van der Waals surface area contributed by atoms with E-state index in [2.05, 4.69) is 19.9 Å². The van der Waals surface area contributed by atoms with Gasteiger partial charge >= 0.3 is 0 Å². The molecule has 0 amide bonds. The normalized spacial score (nSPS) is 46.7. The lowest BCUT2D eigenvalue weighted by molar-refractivity contribution is -0.241. The van der Waals surface area contributed by atoms with E-state index < -0.39 is 0 Å². The maximum Gasteiger partial charge on any atom is 0.174 e. The van der Waals surface area contributed by atoms with Crippen molar-refractivity contribution in [2.24, 2.45) is 28.6 Å². The van der Waals surface area contributed by atoms with Crippen molar-refractivity contribution in [3.63, 3.8) is 0 Å². The number of carbonyl (C=O) groups is 1. The third-order valence-electron chi connectivity index (χ3n) is 9.50. The molecule has 0 radical (unpaired) electrons. The van der Waals surface area contributed by atoms with Gasteiger partial charge in [-0.25, -0.2) is 0 Å². The highest BCUT2D eigenvalue weighted by molar-refractivity contribution is 5.78. The number of fused-ring (bicyclic) bond motifs is 6. The molecule has 1 heterocycles. The standard InChI is InChI=1S/C24H36O3/c1-22-12-9-18(25)6-4-3-5-17(22)7-8-19-20(22)10-13-23(2)21(19)11-14-24(23)26-15-16-27-24/h7,19-21H,3-6,8-16H2,1-2H3/t19?,20-,21-,22-,23-/m0/s1. The highest BCUT2D eigenvalue weighted by Gasteiger charge is 2.66. The van der Waals surface area contributed by atoms with Crippen LogP contribution in [0.15, 0.2) is 11.6 Å². The molecule has 0 aromatic carbocycles. The van der Waals surface area contributed by atoms with E-state index in [1.807, 2.05) is 0 Å². The van der Waals surface area contributed by atoms with Crippen LogP contribution in [0.1, 0.15) is 84.5 Å². The monoisotopic (exact) mass is 372 g/mol. The Morgan fingerprint density at radius 1 is 0.926 bits per heavy atom. The molecule has 3 saturated carbocycles. The number of rotatable bonds is 0. The van der Waals surface area contributed by atoms with E-state index in [1.54, 1.807) is 5.57 Å². The molecular formula is C24H36O3. The van der Waals surface area contributed by atoms with Gasteiger partial charge in [0.25, 0.3) is 0 Å². The lowest BCUT2D eigenvalue weighted by Crippen LogP contribution is -2.54. The highest BCUT2D eigenvalue weighted by atomic mass is 16.7. The summed E-state index contributed by atoms with van der Waals surface area (Å²) in [7, 11) is 0. The first kappa shape index (κ1) is 18.4. The number of hydrogen-bond acceptors (Lipinski definition) is 3. The summed E-state index contributed by atoms with van der Waals surface area (Å²) in [6, 6.07) is 0. The molecule has 1 unspecified atom stereocenters. The van der Waals surface area contributed by atoms with Crippen molar-refractivity contribution in [3.05, 3.63) is 11.6 Å². The van der Waals surface area contributed by atoms with E-state index in [0.29, 0.717) is 11.7 Å². The van der Waals surface area contributed by atoms with Gasteiger partial charge in [-0.3, -0.25) is 4.79 Å². The fraction of sp³-hybridized carbons (Fsp3) is 0.875. The van der Waals surface area contributed by atoms with Crippen LogP contribution in [0.2, 0.25) is 0 Å². The molecule has 150 valence electrons. The van der Waals surface area contributed by atoms with Crippen LogP contribution in [-0.4, -0.2) is 24.8 Å².